The third kappa shape index (κ3) is 2.07. The van der Waals surface area contributed by atoms with Gasteiger partial charge in [0.1, 0.15) is 12.4 Å². The van der Waals surface area contributed by atoms with E-state index in [1.807, 2.05) is 0 Å². The van der Waals surface area contributed by atoms with Crippen LogP contribution >= 0.6 is 0 Å². The average Bonchev–Trinajstić information content (AvgIpc) is 2.26. The van der Waals surface area contributed by atoms with Gasteiger partial charge in [-0.05, 0) is 17.7 Å². The van der Waals surface area contributed by atoms with Gasteiger partial charge < -0.3 is 15.6 Å². The van der Waals surface area contributed by atoms with Crippen molar-refractivity contribution in [2.45, 2.75) is 5.54 Å². The molecule has 0 fully saturated rings. The minimum atomic E-state index is -1.85. The van der Waals surface area contributed by atoms with Gasteiger partial charge in [-0.25, -0.2) is 9.18 Å². The largest absolute Gasteiger partial charge is 0.508 e. The molecule has 0 bridgehead atoms. The van der Waals surface area contributed by atoms with E-state index in [0.29, 0.717) is 0 Å². The fourth-order valence-corrected chi connectivity index (χ4v) is 1.22. The van der Waals surface area contributed by atoms with Crippen LogP contribution in [0.3, 0.4) is 0 Å². The maximum Gasteiger partial charge on any atom is 0.333 e. The first-order valence-electron chi connectivity index (χ1n) is 4.27. The summed E-state index contributed by atoms with van der Waals surface area (Å²) in [6.45, 7) is -1.09. The molecule has 1 rings (SSSR count). The van der Waals surface area contributed by atoms with Gasteiger partial charge in [0.2, 0.25) is 0 Å². The van der Waals surface area contributed by atoms with Crippen LogP contribution in [0.1, 0.15) is 5.56 Å². The molecular weight excluding hydrogens is 201 g/mol. The molecule has 0 spiro atoms. The van der Waals surface area contributed by atoms with Gasteiger partial charge in [0.25, 0.3) is 0 Å². The van der Waals surface area contributed by atoms with Crippen LogP contribution in [-0.4, -0.2) is 24.9 Å². The number of hydrogen-bond acceptors (Lipinski definition) is 4. The van der Waals surface area contributed by atoms with E-state index >= 15 is 0 Å². The van der Waals surface area contributed by atoms with Crippen LogP contribution in [-0.2, 0) is 15.1 Å². The van der Waals surface area contributed by atoms with Crippen molar-refractivity contribution in [2.75, 3.05) is 13.8 Å². The highest BCUT2D eigenvalue weighted by atomic mass is 19.1. The maximum atomic E-state index is 12.8. The molecule has 82 valence electrons. The normalized spacial score (nSPS) is 14.3. The molecule has 0 saturated heterocycles. The number of esters is 1. The number of phenolic OH excluding ortho intramolecular Hbond substituents is 1. The lowest BCUT2D eigenvalue weighted by Gasteiger charge is -2.23. The Morgan fingerprint density at radius 3 is 2.80 bits per heavy atom. The Kier molecular flexibility index (Phi) is 3.26. The minimum absolute atomic E-state index is 0.0836. The van der Waals surface area contributed by atoms with E-state index in [4.69, 9.17) is 5.73 Å². The number of alkyl halides is 1. The van der Waals surface area contributed by atoms with Crippen molar-refractivity contribution in [3.8, 4) is 5.75 Å². The van der Waals surface area contributed by atoms with Crippen molar-refractivity contribution in [2.24, 2.45) is 5.73 Å². The molecule has 5 heteroatoms. The van der Waals surface area contributed by atoms with E-state index in [1.54, 1.807) is 0 Å². The Balaban J connectivity index is 3.16. The summed E-state index contributed by atoms with van der Waals surface area (Å²) in [4.78, 5) is 11.3. The summed E-state index contributed by atoms with van der Waals surface area (Å²) in [7, 11) is 1.13. The predicted octanol–water partition coefficient (Wildman–Crippen LogP) is 0.689. The zero-order valence-corrected chi connectivity index (χ0v) is 8.24. The zero-order valence-electron chi connectivity index (χ0n) is 8.24. The lowest BCUT2D eigenvalue weighted by atomic mass is 9.92. The van der Waals surface area contributed by atoms with Crippen LogP contribution in [0, 0.1) is 0 Å². The summed E-state index contributed by atoms with van der Waals surface area (Å²) < 4.78 is 17.2. The van der Waals surface area contributed by atoms with E-state index in [0.717, 1.165) is 7.11 Å². The SMILES string of the molecule is COC(=O)C(N)(CF)c1cccc(O)c1. The van der Waals surface area contributed by atoms with E-state index in [2.05, 4.69) is 4.74 Å². The summed E-state index contributed by atoms with van der Waals surface area (Å²) in [5.41, 5.74) is 3.90. The number of carbonyl (C=O) groups is 1. The van der Waals surface area contributed by atoms with Crippen molar-refractivity contribution < 1.29 is 19.0 Å². The highest BCUT2D eigenvalue weighted by Gasteiger charge is 2.37. The fourth-order valence-electron chi connectivity index (χ4n) is 1.22. The molecule has 0 aliphatic rings. The Hall–Kier alpha value is -1.62. The Labute approximate surface area is 86.5 Å². The number of methoxy groups -OCH3 is 1. The van der Waals surface area contributed by atoms with Crippen molar-refractivity contribution in [3.05, 3.63) is 29.8 Å². The first-order chi connectivity index (χ1) is 7.04. The number of benzene rings is 1. The monoisotopic (exact) mass is 213 g/mol. The molecule has 15 heavy (non-hydrogen) atoms. The number of aromatic hydroxyl groups is 1. The van der Waals surface area contributed by atoms with Gasteiger partial charge in [-0.15, -0.1) is 0 Å². The summed E-state index contributed by atoms with van der Waals surface area (Å²) in [6.07, 6.45) is 0. The molecule has 0 radical (unpaired) electrons. The number of ether oxygens (including phenoxy) is 1. The fraction of sp³-hybridized carbons (Fsp3) is 0.300. The van der Waals surface area contributed by atoms with Crippen molar-refractivity contribution >= 4 is 5.97 Å². The van der Waals surface area contributed by atoms with Crippen molar-refractivity contribution in [1.82, 2.24) is 0 Å². The van der Waals surface area contributed by atoms with Gasteiger partial charge in [0, 0.05) is 0 Å². The second kappa shape index (κ2) is 4.27. The van der Waals surface area contributed by atoms with Gasteiger partial charge in [0.15, 0.2) is 5.54 Å². The lowest BCUT2D eigenvalue weighted by molar-refractivity contribution is -0.148. The smallest absolute Gasteiger partial charge is 0.333 e. The summed E-state index contributed by atoms with van der Waals surface area (Å²) in [5, 5.41) is 9.20. The van der Waals surface area contributed by atoms with E-state index < -0.39 is 18.2 Å². The second-order valence-corrected chi connectivity index (χ2v) is 3.15. The molecule has 1 atom stereocenters. The molecule has 0 heterocycles. The van der Waals surface area contributed by atoms with E-state index in [1.165, 1.54) is 24.3 Å². The molecule has 0 saturated carbocycles. The van der Waals surface area contributed by atoms with Gasteiger partial charge in [-0.2, -0.15) is 0 Å². The zero-order chi connectivity index (χ0) is 11.5. The Morgan fingerprint density at radius 2 is 2.33 bits per heavy atom. The van der Waals surface area contributed by atoms with Gasteiger partial charge in [-0.1, -0.05) is 12.1 Å². The molecule has 1 aromatic carbocycles. The van der Waals surface area contributed by atoms with Crippen molar-refractivity contribution in [3.63, 3.8) is 0 Å². The molecule has 3 N–H and O–H groups in total. The van der Waals surface area contributed by atoms with Crippen LogP contribution in [0.4, 0.5) is 4.39 Å². The van der Waals surface area contributed by atoms with Crippen LogP contribution in [0.15, 0.2) is 24.3 Å². The number of carbonyl (C=O) groups excluding carboxylic acids is 1. The molecule has 0 aliphatic heterocycles. The van der Waals surface area contributed by atoms with Gasteiger partial charge in [0.05, 0.1) is 7.11 Å². The molecule has 0 aromatic heterocycles. The molecule has 1 aromatic rings. The second-order valence-electron chi connectivity index (χ2n) is 3.15. The number of rotatable bonds is 3. The van der Waals surface area contributed by atoms with Crippen LogP contribution in [0.5, 0.6) is 5.75 Å². The quantitative estimate of drug-likeness (QED) is 0.724. The third-order valence-electron chi connectivity index (χ3n) is 2.12. The van der Waals surface area contributed by atoms with Gasteiger partial charge >= 0.3 is 5.97 Å². The standard InChI is InChI=1S/C10H12FNO3/c1-15-9(14)10(12,6-11)7-3-2-4-8(13)5-7/h2-5,13H,6,12H2,1H3. The first kappa shape index (κ1) is 11.5. The number of nitrogens with two attached hydrogens (primary N) is 1. The van der Waals surface area contributed by atoms with Crippen LogP contribution in [0.25, 0.3) is 0 Å². The summed E-state index contributed by atoms with van der Waals surface area (Å²) in [5.74, 6) is -0.963. The van der Waals surface area contributed by atoms with Crippen LogP contribution in [0.2, 0.25) is 0 Å². The van der Waals surface area contributed by atoms with Crippen molar-refractivity contribution in [1.29, 1.82) is 0 Å². The Morgan fingerprint density at radius 1 is 1.67 bits per heavy atom. The maximum absolute atomic E-state index is 12.8. The molecular formula is C10H12FNO3. The molecule has 0 amide bonds. The third-order valence-corrected chi connectivity index (χ3v) is 2.12. The number of hydrogen-bond donors (Lipinski definition) is 2. The van der Waals surface area contributed by atoms with E-state index in [9.17, 15) is 14.3 Å². The van der Waals surface area contributed by atoms with E-state index in [-0.39, 0.29) is 11.3 Å². The first-order valence-corrected chi connectivity index (χ1v) is 4.27. The minimum Gasteiger partial charge on any atom is -0.508 e. The summed E-state index contributed by atoms with van der Waals surface area (Å²) >= 11 is 0. The highest BCUT2D eigenvalue weighted by molar-refractivity contribution is 5.82. The molecule has 4 nitrogen and oxygen atoms in total. The lowest BCUT2D eigenvalue weighted by Crippen LogP contribution is -2.47. The average molecular weight is 213 g/mol. The number of halogens is 1. The molecule has 1 unspecified atom stereocenters. The topological polar surface area (TPSA) is 72.5 Å². The van der Waals surface area contributed by atoms with Crippen LogP contribution < -0.4 is 5.73 Å². The Bertz CT molecular complexity index is 369. The molecule has 0 aliphatic carbocycles. The summed E-state index contributed by atoms with van der Waals surface area (Å²) in [6, 6.07) is 5.57. The highest BCUT2D eigenvalue weighted by Crippen LogP contribution is 2.23. The number of phenols is 1. The predicted molar refractivity (Wildman–Crippen MR) is 52.0 cm³/mol. The van der Waals surface area contributed by atoms with Gasteiger partial charge in [-0.3, -0.25) is 0 Å².